The van der Waals surface area contributed by atoms with Crippen LogP contribution in [0.3, 0.4) is 0 Å². The highest BCUT2D eigenvalue weighted by atomic mass is 15.5. The summed E-state index contributed by atoms with van der Waals surface area (Å²) in [7, 11) is 2.05. The number of allylic oxidation sites excluding steroid dienone is 1. The first-order valence-corrected chi connectivity index (χ1v) is 2.91. The van der Waals surface area contributed by atoms with Crippen LogP contribution in [-0.2, 0) is 0 Å². The van der Waals surface area contributed by atoms with Gasteiger partial charge in [-0.05, 0) is 12.5 Å². The van der Waals surface area contributed by atoms with E-state index in [-0.39, 0.29) is 0 Å². The van der Waals surface area contributed by atoms with Crippen LogP contribution >= 0.6 is 0 Å². The fourth-order valence-corrected chi connectivity index (χ4v) is 0.846. The average molecular weight is 112 g/mol. The molecule has 1 fully saturated rings. The maximum Gasteiger partial charge on any atom is 0.0351 e. The highest BCUT2D eigenvalue weighted by Crippen LogP contribution is 2.00. The molecule has 0 amide bonds. The first-order valence-electron chi connectivity index (χ1n) is 2.91. The molecule has 2 nitrogen and oxygen atoms in total. The van der Waals surface area contributed by atoms with E-state index in [1.165, 1.54) is 5.57 Å². The number of likely N-dealkylation sites (N-methyl/N-ethyl adjacent to an activating group) is 1. The molecule has 1 rings (SSSR count). The molecule has 0 radical (unpaired) electrons. The maximum absolute atomic E-state index is 3.19. The number of rotatable bonds is 0. The van der Waals surface area contributed by atoms with Crippen LogP contribution in [0, 0.1) is 0 Å². The zero-order valence-corrected chi connectivity index (χ0v) is 5.44. The Morgan fingerprint density at radius 1 is 1.75 bits per heavy atom. The van der Waals surface area contributed by atoms with Gasteiger partial charge >= 0.3 is 0 Å². The molecule has 0 aromatic heterocycles. The fraction of sp³-hybridized carbons (Fsp3) is 0.667. The third kappa shape index (κ3) is 1.08. The SMILES string of the molecule is C/C=C1/CNN(C)C1. The molecule has 1 aliphatic heterocycles. The van der Waals surface area contributed by atoms with E-state index in [2.05, 4.69) is 30.5 Å². The second-order valence-electron chi connectivity index (χ2n) is 2.14. The van der Waals surface area contributed by atoms with Gasteiger partial charge in [-0.3, -0.25) is 5.43 Å². The topological polar surface area (TPSA) is 15.3 Å². The minimum Gasteiger partial charge on any atom is -0.251 e. The summed E-state index contributed by atoms with van der Waals surface area (Å²) in [6.07, 6.45) is 2.16. The molecule has 1 aliphatic rings. The molecule has 1 saturated heterocycles. The largest absolute Gasteiger partial charge is 0.251 e. The van der Waals surface area contributed by atoms with Gasteiger partial charge in [0.25, 0.3) is 0 Å². The molecule has 0 atom stereocenters. The summed E-state index contributed by atoms with van der Waals surface area (Å²) < 4.78 is 0. The number of hydrazine groups is 1. The molecule has 0 unspecified atom stereocenters. The summed E-state index contributed by atoms with van der Waals surface area (Å²) in [6.45, 7) is 4.19. The summed E-state index contributed by atoms with van der Waals surface area (Å²) in [5, 5.41) is 2.09. The van der Waals surface area contributed by atoms with Crippen LogP contribution in [0.5, 0.6) is 0 Å². The Balaban J connectivity index is 2.44. The zero-order chi connectivity index (χ0) is 5.98. The van der Waals surface area contributed by atoms with Crippen molar-refractivity contribution in [3.63, 3.8) is 0 Å². The molecular weight excluding hydrogens is 100 g/mol. The lowest BCUT2D eigenvalue weighted by atomic mass is 10.3. The summed E-state index contributed by atoms with van der Waals surface area (Å²) in [6, 6.07) is 0. The normalized spacial score (nSPS) is 27.5. The minimum atomic E-state index is 1.03. The third-order valence-electron chi connectivity index (χ3n) is 1.42. The van der Waals surface area contributed by atoms with E-state index < -0.39 is 0 Å². The molecule has 46 valence electrons. The van der Waals surface area contributed by atoms with E-state index in [1.54, 1.807) is 0 Å². The second kappa shape index (κ2) is 2.29. The lowest BCUT2D eigenvalue weighted by Gasteiger charge is -2.02. The predicted octanol–water partition coefficient (Wildman–Crippen LogP) is 0.383. The highest BCUT2D eigenvalue weighted by molar-refractivity contribution is 5.07. The molecule has 1 N–H and O–H groups in total. The monoisotopic (exact) mass is 112 g/mol. The number of nitrogens with one attached hydrogen (secondary N) is 1. The molecule has 0 aromatic rings. The molecule has 0 bridgehead atoms. The Hall–Kier alpha value is -0.340. The van der Waals surface area contributed by atoms with Crippen molar-refractivity contribution in [1.82, 2.24) is 10.4 Å². The number of hydrogen-bond acceptors (Lipinski definition) is 2. The van der Waals surface area contributed by atoms with Gasteiger partial charge in [-0.1, -0.05) is 6.08 Å². The molecule has 0 spiro atoms. The quantitative estimate of drug-likeness (QED) is 0.456. The van der Waals surface area contributed by atoms with E-state index in [9.17, 15) is 0 Å². The Morgan fingerprint density at radius 3 is 2.75 bits per heavy atom. The van der Waals surface area contributed by atoms with Crippen molar-refractivity contribution in [2.75, 3.05) is 20.1 Å². The van der Waals surface area contributed by atoms with Crippen molar-refractivity contribution in [2.45, 2.75) is 6.92 Å². The molecule has 1 heterocycles. The van der Waals surface area contributed by atoms with Gasteiger partial charge in [-0.25, -0.2) is 5.01 Å². The van der Waals surface area contributed by atoms with E-state index in [0.29, 0.717) is 0 Å². The lowest BCUT2D eigenvalue weighted by molar-refractivity contribution is 0.319. The molecular formula is C6H12N2. The number of nitrogens with zero attached hydrogens (tertiary/aromatic N) is 1. The van der Waals surface area contributed by atoms with Crippen molar-refractivity contribution < 1.29 is 0 Å². The van der Waals surface area contributed by atoms with E-state index >= 15 is 0 Å². The zero-order valence-electron chi connectivity index (χ0n) is 5.44. The van der Waals surface area contributed by atoms with Crippen LogP contribution in [-0.4, -0.2) is 25.1 Å². The first kappa shape index (κ1) is 5.79. The van der Waals surface area contributed by atoms with Gasteiger partial charge in [0.15, 0.2) is 0 Å². The summed E-state index contributed by atoms with van der Waals surface area (Å²) in [5.41, 5.74) is 4.66. The Morgan fingerprint density at radius 2 is 2.50 bits per heavy atom. The molecule has 2 heteroatoms. The third-order valence-corrected chi connectivity index (χ3v) is 1.42. The summed E-state index contributed by atoms with van der Waals surface area (Å²) >= 11 is 0. The van der Waals surface area contributed by atoms with Crippen molar-refractivity contribution >= 4 is 0 Å². The predicted molar refractivity (Wildman–Crippen MR) is 34.4 cm³/mol. The molecule has 0 aromatic carbocycles. The van der Waals surface area contributed by atoms with Gasteiger partial charge in [0.05, 0.1) is 0 Å². The number of hydrogen-bond donors (Lipinski definition) is 1. The van der Waals surface area contributed by atoms with E-state index in [1.807, 2.05) is 0 Å². The highest BCUT2D eigenvalue weighted by Gasteiger charge is 2.08. The minimum absolute atomic E-state index is 1.03. The average Bonchev–Trinajstić information content (AvgIpc) is 2.14. The Labute approximate surface area is 50.1 Å². The van der Waals surface area contributed by atoms with E-state index in [0.717, 1.165) is 13.1 Å². The molecule has 8 heavy (non-hydrogen) atoms. The summed E-state index contributed by atoms with van der Waals surface area (Å²) in [5.74, 6) is 0. The lowest BCUT2D eigenvalue weighted by Crippen LogP contribution is -2.25. The second-order valence-corrected chi connectivity index (χ2v) is 2.14. The van der Waals surface area contributed by atoms with Crippen molar-refractivity contribution in [3.8, 4) is 0 Å². The Kier molecular flexibility index (Phi) is 1.65. The van der Waals surface area contributed by atoms with Crippen LogP contribution in [0.1, 0.15) is 6.92 Å². The first-order chi connectivity index (χ1) is 3.83. The fourth-order valence-electron chi connectivity index (χ4n) is 0.846. The van der Waals surface area contributed by atoms with Crippen LogP contribution in [0.2, 0.25) is 0 Å². The van der Waals surface area contributed by atoms with Gasteiger partial charge < -0.3 is 0 Å². The maximum atomic E-state index is 3.19. The standard InChI is InChI=1S/C6H12N2/c1-3-6-4-7-8(2)5-6/h3,7H,4-5H2,1-2H3/b6-3-. The van der Waals surface area contributed by atoms with Crippen molar-refractivity contribution in [2.24, 2.45) is 0 Å². The van der Waals surface area contributed by atoms with Crippen molar-refractivity contribution in [3.05, 3.63) is 11.6 Å². The van der Waals surface area contributed by atoms with E-state index in [4.69, 9.17) is 0 Å². The van der Waals surface area contributed by atoms with Gasteiger partial charge in [0, 0.05) is 20.1 Å². The molecule has 0 aliphatic carbocycles. The van der Waals surface area contributed by atoms with Crippen LogP contribution in [0.4, 0.5) is 0 Å². The van der Waals surface area contributed by atoms with Gasteiger partial charge in [0.2, 0.25) is 0 Å². The molecule has 0 saturated carbocycles. The van der Waals surface area contributed by atoms with Gasteiger partial charge in [-0.2, -0.15) is 0 Å². The van der Waals surface area contributed by atoms with Crippen LogP contribution in [0.25, 0.3) is 0 Å². The van der Waals surface area contributed by atoms with Crippen LogP contribution < -0.4 is 5.43 Å². The Bertz CT molecular complexity index is 107. The van der Waals surface area contributed by atoms with Crippen molar-refractivity contribution in [1.29, 1.82) is 0 Å². The van der Waals surface area contributed by atoms with Gasteiger partial charge in [0.1, 0.15) is 0 Å². The smallest absolute Gasteiger partial charge is 0.0351 e. The van der Waals surface area contributed by atoms with Gasteiger partial charge in [-0.15, -0.1) is 0 Å². The van der Waals surface area contributed by atoms with Crippen LogP contribution in [0.15, 0.2) is 11.6 Å². The summed E-state index contributed by atoms with van der Waals surface area (Å²) in [4.78, 5) is 0.